The van der Waals surface area contributed by atoms with Crippen molar-refractivity contribution in [3.8, 4) is 0 Å². The molecule has 0 heterocycles. The summed E-state index contributed by atoms with van der Waals surface area (Å²) < 4.78 is 5.59. The van der Waals surface area contributed by atoms with Gasteiger partial charge in [-0.05, 0) is 50.0 Å². The molecule has 3 heteroatoms. The lowest BCUT2D eigenvalue weighted by Gasteiger charge is -2.05. The number of nitrogens with one attached hydrogen (secondary N) is 1. The molecule has 1 aromatic rings. The predicted molar refractivity (Wildman–Crippen MR) is 73.5 cm³/mol. The summed E-state index contributed by atoms with van der Waals surface area (Å²) in [6.07, 6.45) is 3.48. The quantitative estimate of drug-likeness (QED) is 0.681. The van der Waals surface area contributed by atoms with E-state index in [-0.39, 0.29) is 0 Å². The Hall–Kier alpha value is -0.570. The Morgan fingerprint density at radius 3 is 2.88 bits per heavy atom. The Balaban J connectivity index is 1.97. The molecule has 1 N–H and O–H groups in total. The Bertz CT molecular complexity index is 304. The number of hydrogen-bond acceptors (Lipinski definition) is 2. The van der Waals surface area contributed by atoms with Gasteiger partial charge in [0.25, 0.3) is 0 Å². The zero-order valence-corrected chi connectivity index (χ0v) is 11.3. The lowest BCUT2D eigenvalue weighted by Crippen LogP contribution is -2.16. The summed E-state index contributed by atoms with van der Waals surface area (Å²) in [6, 6.07) is 7.82. The standard InChI is InChI=1S/C14H22ClNO/c1-2-8-16-9-3-4-10-17-12-13-6-5-7-14(15)11-13/h5-7,11,16H,2-4,8-10,12H2,1H3. The first-order valence-corrected chi connectivity index (χ1v) is 6.73. The molecule has 0 aromatic heterocycles. The van der Waals surface area contributed by atoms with Crippen LogP contribution in [0.1, 0.15) is 31.7 Å². The minimum Gasteiger partial charge on any atom is -0.377 e. The minimum atomic E-state index is 0.656. The second-order valence-electron chi connectivity index (χ2n) is 4.14. The number of ether oxygens (including phenoxy) is 1. The average molecular weight is 256 g/mol. The van der Waals surface area contributed by atoms with Gasteiger partial charge >= 0.3 is 0 Å². The van der Waals surface area contributed by atoms with Gasteiger partial charge in [-0.3, -0.25) is 0 Å². The maximum Gasteiger partial charge on any atom is 0.0717 e. The van der Waals surface area contributed by atoms with Crippen molar-refractivity contribution in [2.24, 2.45) is 0 Å². The van der Waals surface area contributed by atoms with E-state index in [9.17, 15) is 0 Å². The van der Waals surface area contributed by atoms with Gasteiger partial charge in [-0.1, -0.05) is 30.7 Å². The minimum absolute atomic E-state index is 0.656. The van der Waals surface area contributed by atoms with Gasteiger partial charge in [-0.15, -0.1) is 0 Å². The first-order chi connectivity index (χ1) is 8.33. The van der Waals surface area contributed by atoms with E-state index >= 15 is 0 Å². The van der Waals surface area contributed by atoms with Crippen LogP contribution in [0.5, 0.6) is 0 Å². The van der Waals surface area contributed by atoms with E-state index in [1.165, 1.54) is 12.8 Å². The SMILES string of the molecule is CCCNCCCCOCc1cccc(Cl)c1. The molecule has 0 saturated heterocycles. The van der Waals surface area contributed by atoms with Crippen molar-refractivity contribution in [3.05, 3.63) is 34.9 Å². The molecule has 0 saturated carbocycles. The second-order valence-corrected chi connectivity index (χ2v) is 4.58. The van der Waals surface area contributed by atoms with Crippen molar-refractivity contribution in [1.82, 2.24) is 5.32 Å². The molecule has 0 amide bonds. The molecule has 0 fully saturated rings. The van der Waals surface area contributed by atoms with Crippen LogP contribution in [-0.2, 0) is 11.3 Å². The molecule has 0 bridgehead atoms. The average Bonchev–Trinajstić information content (AvgIpc) is 2.33. The van der Waals surface area contributed by atoms with Crippen LogP contribution in [0.2, 0.25) is 5.02 Å². The van der Waals surface area contributed by atoms with Gasteiger partial charge in [0.2, 0.25) is 0 Å². The fraction of sp³-hybridized carbons (Fsp3) is 0.571. The molecule has 96 valence electrons. The normalized spacial score (nSPS) is 10.7. The van der Waals surface area contributed by atoms with E-state index in [1.54, 1.807) is 0 Å². The number of hydrogen-bond donors (Lipinski definition) is 1. The lowest BCUT2D eigenvalue weighted by molar-refractivity contribution is 0.117. The van der Waals surface area contributed by atoms with Gasteiger partial charge < -0.3 is 10.1 Å². The smallest absolute Gasteiger partial charge is 0.0717 e. The molecule has 0 aliphatic rings. The summed E-state index contributed by atoms with van der Waals surface area (Å²) in [5, 5.41) is 4.15. The Kier molecular flexibility index (Phi) is 8.06. The van der Waals surface area contributed by atoms with Crippen molar-refractivity contribution in [2.45, 2.75) is 32.8 Å². The first kappa shape index (κ1) is 14.5. The molecule has 17 heavy (non-hydrogen) atoms. The van der Waals surface area contributed by atoms with E-state index in [1.807, 2.05) is 24.3 Å². The largest absolute Gasteiger partial charge is 0.377 e. The molecule has 0 spiro atoms. The lowest BCUT2D eigenvalue weighted by atomic mass is 10.2. The first-order valence-electron chi connectivity index (χ1n) is 6.36. The maximum absolute atomic E-state index is 5.89. The van der Waals surface area contributed by atoms with Crippen molar-refractivity contribution in [2.75, 3.05) is 19.7 Å². The van der Waals surface area contributed by atoms with E-state index in [4.69, 9.17) is 16.3 Å². The predicted octanol–water partition coefficient (Wildman–Crippen LogP) is 3.64. The number of rotatable bonds is 9. The van der Waals surface area contributed by atoms with Gasteiger partial charge in [0.1, 0.15) is 0 Å². The Morgan fingerprint density at radius 2 is 2.12 bits per heavy atom. The summed E-state index contributed by atoms with van der Waals surface area (Å²) in [6.45, 7) is 5.86. The summed E-state index contributed by atoms with van der Waals surface area (Å²) >= 11 is 5.89. The molecule has 0 unspecified atom stereocenters. The van der Waals surface area contributed by atoms with Gasteiger partial charge in [0.15, 0.2) is 0 Å². The number of halogens is 1. The Labute approximate surface area is 109 Å². The summed E-state index contributed by atoms with van der Waals surface area (Å²) in [5.74, 6) is 0. The van der Waals surface area contributed by atoms with Crippen molar-refractivity contribution >= 4 is 11.6 Å². The highest BCUT2D eigenvalue weighted by atomic mass is 35.5. The highest BCUT2D eigenvalue weighted by Crippen LogP contribution is 2.11. The molecule has 1 rings (SSSR count). The van der Waals surface area contributed by atoms with Crippen molar-refractivity contribution in [3.63, 3.8) is 0 Å². The van der Waals surface area contributed by atoms with Gasteiger partial charge in [-0.2, -0.15) is 0 Å². The van der Waals surface area contributed by atoms with Crippen molar-refractivity contribution < 1.29 is 4.74 Å². The summed E-state index contributed by atoms with van der Waals surface area (Å²) in [7, 11) is 0. The monoisotopic (exact) mass is 255 g/mol. The third kappa shape index (κ3) is 7.37. The summed E-state index contributed by atoms with van der Waals surface area (Å²) in [5.41, 5.74) is 1.14. The van der Waals surface area contributed by atoms with Crippen LogP contribution in [0.25, 0.3) is 0 Å². The fourth-order valence-corrected chi connectivity index (χ4v) is 1.79. The van der Waals surface area contributed by atoms with E-state index in [0.717, 1.165) is 36.7 Å². The van der Waals surface area contributed by atoms with Crippen LogP contribution in [0.3, 0.4) is 0 Å². The number of benzene rings is 1. The van der Waals surface area contributed by atoms with Crippen LogP contribution >= 0.6 is 11.6 Å². The molecule has 0 atom stereocenters. The molecule has 0 aliphatic heterocycles. The molecule has 1 aromatic carbocycles. The highest BCUT2D eigenvalue weighted by Gasteiger charge is 1.95. The van der Waals surface area contributed by atoms with Crippen LogP contribution in [-0.4, -0.2) is 19.7 Å². The van der Waals surface area contributed by atoms with E-state index < -0.39 is 0 Å². The van der Waals surface area contributed by atoms with Crippen LogP contribution < -0.4 is 5.32 Å². The number of unbranched alkanes of at least 4 members (excludes halogenated alkanes) is 1. The third-order valence-electron chi connectivity index (χ3n) is 2.48. The zero-order chi connectivity index (χ0) is 12.3. The topological polar surface area (TPSA) is 21.3 Å². The molecular formula is C14H22ClNO. The summed E-state index contributed by atoms with van der Waals surface area (Å²) in [4.78, 5) is 0. The molecule has 0 radical (unpaired) electrons. The second kappa shape index (κ2) is 9.46. The van der Waals surface area contributed by atoms with Gasteiger partial charge in [0, 0.05) is 11.6 Å². The Morgan fingerprint density at radius 1 is 1.24 bits per heavy atom. The highest BCUT2D eigenvalue weighted by molar-refractivity contribution is 6.30. The molecule has 2 nitrogen and oxygen atoms in total. The van der Waals surface area contributed by atoms with E-state index in [0.29, 0.717) is 6.61 Å². The van der Waals surface area contributed by atoms with Crippen LogP contribution in [0.4, 0.5) is 0 Å². The van der Waals surface area contributed by atoms with Gasteiger partial charge in [-0.25, -0.2) is 0 Å². The van der Waals surface area contributed by atoms with Gasteiger partial charge in [0.05, 0.1) is 6.61 Å². The van der Waals surface area contributed by atoms with Crippen LogP contribution in [0, 0.1) is 0 Å². The maximum atomic E-state index is 5.89. The molecular weight excluding hydrogens is 234 g/mol. The van der Waals surface area contributed by atoms with Crippen LogP contribution in [0.15, 0.2) is 24.3 Å². The van der Waals surface area contributed by atoms with E-state index in [2.05, 4.69) is 12.2 Å². The zero-order valence-electron chi connectivity index (χ0n) is 10.5. The third-order valence-corrected chi connectivity index (χ3v) is 2.71. The molecule has 0 aliphatic carbocycles. The fourth-order valence-electron chi connectivity index (χ4n) is 1.57. The van der Waals surface area contributed by atoms with Crippen molar-refractivity contribution in [1.29, 1.82) is 0 Å².